The van der Waals surface area contributed by atoms with Gasteiger partial charge in [-0.3, -0.25) is 14.6 Å². The maximum Gasteiger partial charge on any atom is 0.253 e. The number of hydrogen-bond acceptors (Lipinski definition) is 5. The average molecular weight is 292 g/mol. The number of nitrogen functional groups attached to an aromatic ring is 1. The van der Waals surface area contributed by atoms with Crippen LogP contribution < -0.4 is 11.1 Å². The summed E-state index contributed by atoms with van der Waals surface area (Å²) < 4.78 is 5.19. The molecule has 0 bridgehead atoms. The first-order chi connectivity index (χ1) is 10.1. The van der Waals surface area contributed by atoms with Crippen LogP contribution in [-0.2, 0) is 9.53 Å². The molecule has 7 heteroatoms. The fourth-order valence-electron chi connectivity index (χ4n) is 2.13. The van der Waals surface area contributed by atoms with Crippen LogP contribution in [0.15, 0.2) is 12.3 Å². The van der Waals surface area contributed by atoms with Gasteiger partial charge in [0.1, 0.15) is 0 Å². The van der Waals surface area contributed by atoms with Crippen molar-refractivity contribution in [1.82, 2.24) is 15.2 Å². The highest BCUT2D eigenvalue weighted by Gasteiger charge is 2.17. The van der Waals surface area contributed by atoms with Crippen molar-refractivity contribution in [1.29, 1.82) is 0 Å². The fraction of sp³-hybridized carbons (Fsp3) is 0.500. The second kappa shape index (κ2) is 7.03. The lowest BCUT2D eigenvalue weighted by Crippen LogP contribution is -2.42. The van der Waals surface area contributed by atoms with Crippen LogP contribution in [0.4, 0.5) is 5.69 Å². The van der Waals surface area contributed by atoms with Gasteiger partial charge < -0.3 is 20.7 Å². The third-order valence-corrected chi connectivity index (χ3v) is 3.34. The number of morpholine rings is 1. The van der Waals surface area contributed by atoms with Crippen LogP contribution in [0, 0.1) is 6.92 Å². The average Bonchev–Trinajstić information content (AvgIpc) is 2.50. The van der Waals surface area contributed by atoms with Crippen LogP contribution in [0.3, 0.4) is 0 Å². The summed E-state index contributed by atoms with van der Waals surface area (Å²) in [7, 11) is 0. The second-order valence-corrected chi connectivity index (χ2v) is 4.90. The summed E-state index contributed by atoms with van der Waals surface area (Å²) in [6, 6.07) is 1.58. The van der Waals surface area contributed by atoms with Gasteiger partial charge in [-0.15, -0.1) is 0 Å². The molecule has 21 heavy (non-hydrogen) atoms. The molecule has 1 fully saturated rings. The third kappa shape index (κ3) is 4.16. The van der Waals surface area contributed by atoms with E-state index in [9.17, 15) is 9.59 Å². The van der Waals surface area contributed by atoms with E-state index in [2.05, 4.69) is 10.3 Å². The van der Waals surface area contributed by atoms with Gasteiger partial charge in [-0.25, -0.2) is 0 Å². The lowest BCUT2D eigenvalue weighted by molar-refractivity contribution is -0.135. The van der Waals surface area contributed by atoms with Gasteiger partial charge in [0.25, 0.3) is 5.91 Å². The van der Waals surface area contributed by atoms with Gasteiger partial charge in [0, 0.05) is 26.1 Å². The van der Waals surface area contributed by atoms with Crippen molar-refractivity contribution in [2.45, 2.75) is 13.3 Å². The molecule has 0 aliphatic carbocycles. The van der Waals surface area contributed by atoms with Crippen molar-refractivity contribution < 1.29 is 14.3 Å². The number of ether oxygens (including phenoxy) is 1. The molecule has 0 atom stereocenters. The summed E-state index contributed by atoms with van der Waals surface area (Å²) in [5, 5.41) is 2.72. The maximum absolute atomic E-state index is 12.0. The maximum atomic E-state index is 12.0. The molecule has 0 saturated carbocycles. The van der Waals surface area contributed by atoms with E-state index in [-0.39, 0.29) is 18.2 Å². The first-order valence-corrected chi connectivity index (χ1v) is 6.94. The Bertz CT molecular complexity index is 527. The number of nitrogens with zero attached hydrogens (tertiary/aromatic N) is 2. The van der Waals surface area contributed by atoms with E-state index >= 15 is 0 Å². The molecular weight excluding hydrogens is 272 g/mol. The van der Waals surface area contributed by atoms with Gasteiger partial charge in [0.05, 0.1) is 36.4 Å². The minimum Gasteiger partial charge on any atom is -0.397 e. The van der Waals surface area contributed by atoms with Gasteiger partial charge in [-0.2, -0.15) is 0 Å². The zero-order valence-electron chi connectivity index (χ0n) is 12.1. The standard InChI is InChI=1S/C14H20N4O3/c1-10-12(8-11(15)9-17-10)14(20)16-3-2-13(19)18-4-6-21-7-5-18/h8-9H,2-7,15H2,1H3,(H,16,20). The molecule has 1 aliphatic heterocycles. The van der Waals surface area contributed by atoms with E-state index in [4.69, 9.17) is 10.5 Å². The summed E-state index contributed by atoms with van der Waals surface area (Å²) in [4.78, 5) is 29.7. The van der Waals surface area contributed by atoms with E-state index in [1.165, 1.54) is 6.20 Å². The van der Waals surface area contributed by atoms with Crippen molar-refractivity contribution in [2.24, 2.45) is 0 Å². The SMILES string of the molecule is Cc1ncc(N)cc1C(=O)NCCC(=O)N1CCOCC1. The molecule has 114 valence electrons. The molecular formula is C14H20N4O3. The number of aromatic nitrogens is 1. The van der Waals surface area contributed by atoms with Crippen LogP contribution in [0.2, 0.25) is 0 Å². The summed E-state index contributed by atoms with van der Waals surface area (Å²) in [6.07, 6.45) is 1.79. The Morgan fingerprint density at radius 2 is 2.14 bits per heavy atom. The van der Waals surface area contributed by atoms with E-state index in [0.29, 0.717) is 49.8 Å². The van der Waals surface area contributed by atoms with Gasteiger partial charge >= 0.3 is 0 Å². The van der Waals surface area contributed by atoms with Crippen LogP contribution in [0.5, 0.6) is 0 Å². The van der Waals surface area contributed by atoms with E-state index < -0.39 is 0 Å². The summed E-state index contributed by atoms with van der Waals surface area (Å²) in [5.41, 5.74) is 7.12. The van der Waals surface area contributed by atoms with Crippen molar-refractivity contribution in [2.75, 3.05) is 38.6 Å². The lowest BCUT2D eigenvalue weighted by atomic mass is 10.2. The number of anilines is 1. The molecule has 1 aliphatic rings. The van der Waals surface area contributed by atoms with Gasteiger partial charge in [0.15, 0.2) is 0 Å². The summed E-state index contributed by atoms with van der Waals surface area (Å²) in [6.45, 7) is 4.42. The number of nitrogens with two attached hydrogens (primary N) is 1. The molecule has 3 N–H and O–H groups in total. The zero-order chi connectivity index (χ0) is 15.2. The number of aryl methyl sites for hydroxylation is 1. The number of pyridine rings is 1. The molecule has 1 aromatic rings. The van der Waals surface area contributed by atoms with Gasteiger partial charge in [-0.1, -0.05) is 0 Å². The molecule has 1 saturated heterocycles. The van der Waals surface area contributed by atoms with Crippen LogP contribution in [0.1, 0.15) is 22.5 Å². The second-order valence-electron chi connectivity index (χ2n) is 4.90. The minimum absolute atomic E-state index is 0.0287. The molecule has 2 rings (SSSR count). The number of amides is 2. The summed E-state index contributed by atoms with van der Waals surface area (Å²) in [5.74, 6) is -0.233. The van der Waals surface area contributed by atoms with Crippen molar-refractivity contribution in [3.8, 4) is 0 Å². The predicted octanol–water partition coefficient (Wildman–Crippen LogP) is -0.0491. The highest BCUT2D eigenvalue weighted by atomic mass is 16.5. The predicted molar refractivity (Wildman–Crippen MR) is 77.7 cm³/mol. The lowest BCUT2D eigenvalue weighted by Gasteiger charge is -2.26. The number of carbonyl (C=O) groups excluding carboxylic acids is 2. The fourth-order valence-corrected chi connectivity index (χ4v) is 2.13. The normalized spacial score (nSPS) is 14.8. The van der Waals surface area contributed by atoms with E-state index in [1.807, 2.05) is 0 Å². The number of rotatable bonds is 4. The molecule has 0 spiro atoms. The first kappa shape index (κ1) is 15.2. The zero-order valence-corrected chi connectivity index (χ0v) is 12.1. The molecule has 2 heterocycles. The molecule has 7 nitrogen and oxygen atoms in total. The van der Waals surface area contributed by atoms with Gasteiger partial charge in [-0.05, 0) is 13.0 Å². The smallest absolute Gasteiger partial charge is 0.253 e. The largest absolute Gasteiger partial charge is 0.397 e. The number of hydrogen-bond donors (Lipinski definition) is 2. The Morgan fingerprint density at radius 3 is 2.86 bits per heavy atom. The molecule has 0 unspecified atom stereocenters. The topological polar surface area (TPSA) is 97.5 Å². The Labute approximate surface area is 123 Å². The Balaban J connectivity index is 1.81. The number of nitrogens with one attached hydrogen (secondary N) is 1. The van der Waals surface area contributed by atoms with E-state index in [1.54, 1.807) is 17.9 Å². The third-order valence-electron chi connectivity index (χ3n) is 3.34. The summed E-state index contributed by atoms with van der Waals surface area (Å²) >= 11 is 0. The highest BCUT2D eigenvalue weighted by Crippen LogP contribution is 2.09. The molecule has 0 radical (unpaired) electrons. The van der Waals surface area contributed by atoms with Crippen molar-refractivity contribution >= 4 is 17.5 Å². The van der Waals surface area contributed by atoms with Crippen LogP contribution in [-0.4, -0.2) is 54.5 Å². The minimum atomic E-state index is -0.262. The Hall–Kier alpha value is -2.15. The molecule has 2 amide bonds. The molecule has 1 aromatic heterocycles. The quantitative estimate of drug-likeness (QED) is 0.811. The highest BCUT2D eigenvalue weighted by molar-refractivity contribution is 5.96. The Morgan fingerprint density at radius 1 is 1.43 bits per heavy atom. The number of carbonyl (C=O) groups is 2. The van der Waals surface area contributed by atoms with Gasteiger partial charge in [0.2, 0.25) is 5.91 Å². The Kier molecular flexibility index (Phi) is 5.10. The first-order valence-electron chi connectivity index (χ1n) is 6.94. The van der Waals surface area contributed by atoms with Crippen LogP contribution in [0.25, 0.3) is 0 Å². The van der Waals surface area contributed by atoms with Crippen molar-refractivity contribution in [3.05, 3.63) is 23.5 Å². The van der Waals surface area contributed by atoms with E-state index in [0.717, 1.165) is 0 Å². The monoisotopic (exact) mass is 292 g/mol. The van der Waals surface area contributed by atoms with Crippen molar-refractivity contribution in [3.63, 3.8) is 0 Å². The molecule has 0 aromatic carbocycles. The van der Waals surface area contributed by atoms with Crippen LogP contribution >= 0.6 is 0 Å².